The average Bonchev–Trinajstić information content (AvgIpc) is 3.14. The highest BCUT2D eigenvalue weighted by Crippen LogP contribution is 2.31. The molecule has 0 amide bonds. The van der Waals surface area contributed by atoms with E-state index in [1.807, 2.05) is 19.1 Å². The Bertz CT molecular complexity index is 1520. The number of carbonyl (C=O) groups excluding carboxylic acids is 2. The number of benzene rings is 2. The lowest BCUT2D eigenvalue weighted by Crippen LogP contribution is -2.20. The highest BCUT2D eigenvalue weighted by molar-refractivity contribution is 5.98. The molecule has 0 N–H and O–H groups in total. The summed E-state index contributed by atoms with van der Waals surface area (Å²) in [5.74, 6) is 1.15. The zero-order valence-corrected chi connectivity index (χ0v) is 19.4. The number of Topliss-reactive ketones (excluding diaryl/α,β-unsaturated/α-hetero) is 1. The molecule has 1 aliphatic rings. The van der Waals surface area contributed by atoms with Gasteiger partial charge in [-0.05, 0) is 37.3 Å². The van der Waals surface area contributed by atoms with E-state index in [0.29, 0.717) is 52.8 Å². The van der Waals surface area contributed by atoms with E-state index in [2.05, 4.69) is 10.2 Å². The first-order valence-corrected chi connectivity index (χ1v) is 11.3. The van der Waals surface area contributed by atoms with Gasteiger partial charge >= 0.3 is 5.97 Å². The van der Waals surface area contributed by atoms with Crippen molar-refractivity contribution in [3.63, 3.8) is 0 Å². The molecule has 0 aliphatic carbocycles. The summed E-state index contributed by atoms with van der Waals surface area (Å²) < 4.78 is 19.7. The van der Waals surface area contributed by atoms with E-state index in [1.165, 1.54) is 4.57 Å². The lowest BCUT2D eigenvalue weighted by atomic mass is 10.1. The molecule has 10 nitrogen and oxygen atoms in total. The fraction of sp³-hybridized carbons (Fsp3) is 0.320. The Balaban J connectivity index is 1.27. The van der Waals surface area contributed by atoms with Crippen LogP contribution >= 0.6 is 0 Å². The van der Waals surface area contributed by atoms with E-state index in [9.17, 15) is 14.4 Å². The predicted molar refractivity (Wildman–Crippen MR) is 126 cm³/mol. The summed E-state index contributed by atoms with van der Waals surface area (Å²) in [7, 11) is 1.62. The lowest BCUT2D eigenvalue weighted by Gasteiger charge is -2.10. The number of hydrogen-bond donors (Lipinski definition) is 0. The summed E-state index contributed by atoms with van der Waals surface area (Å²) >= 11 is 0. The lowest BCUT2D eigenvalue weighted by molar-refractivity contribution is -0.145. The van der Waals surface area contributed by atoms with Gasteiger partial charge in [0.25, 0.3) is 5.56 Å². The Hall–Kier alpha value is -4.21. The number of fused-ring (bicyclic) bond motifs is 4. The van der Waals surface area contributed by atoms with Gasteiger partial charge in [-0.2, -0.15) is 0 Å². The van der Waals surface area contributed by atoms with Crippen molar-refractivity contribution in [1.82, 2.24) is 19.2 Å². The molecule has 5 rings (SSSR count). The van der Waals surface area contributed by atoms with Gasteiger partial charge in [0.15, 0.2) is 29.7 Å². The number of aromatic nitrogens is 4. The number of carbonyl (C=O) groups is 2. The second kappa shape index (κ2) is 9.21. The summed E-state index contributed by atoms with van der Waals surface area (Å²) in [6.45, 7) is 2.86. The normalized spacial score (nSPS) is 13.1. The Morgan fingerprint density at radius 2 is 1.83 bits per heavy atom. The van der Waals surface area contributed by atoms with Crippen LogP contribution in [0.25, 0.3) is 16.7 Å². The largest absolute Gasteiger partial charge is 0.490 e. The fourth-order valence-electron chi connectivity index (χ4n) is 4.07. The van der Waals surface area contributed by atoms with Crippen LogP contribution in [-0.2, 0) is 23.2 Å². The van der Waals surface area contributed by atoms with Crippen molar-refractivity contribution in [2.24, 2.45) is 7.05 Å². The summed E-state index contributed by atoms with van der Waals surface area (Å²) in [4.78, 5) is 37.7. The maximum absolute atomic E-state index is 12.7. The van der Waals surface area contributed by atoms with Gasteiger partial charge in [-0.3, -0.25) is 23.4 Å². The molecule has 2 aromatic carbocycles. The van der Waals surface area contributed by atoms with Gasteiger partial charge in [-0.1, -0.05) is 11.6 Å². The van der Waals surface area contributed by atoms with E-state index in [-0.39, 0.29) is 30.8 Å². The zero-order valence-electron chi connectivity index (χ0n) is 19.4. The molecule has 10 heteroatoms. The molecule has 0 bridgehead atoms. The minimum absolute atomic E-state index is 0.00420. The minimum atomic E-state index is -0.533. The van der Waals surface area contributed by atoms with Gasteiger partial charge in [0, 0.05) is 25.5 Å². The van der Waals surface area contributed by atoms with Gasteiger partial charge in [0.1, 0.15) is 0 Å². The standard InChI is InChI=1S/C25H24N4O6/c1-15-4-6-18-17(12-15)24(32)28(2)25-27-26-22(29(18)25)14-35-23(31)9-7-19(30)16-5-8-20-21(13-16)34-11-3-10-33-20/h4-6,8,12-13H,3,7,9-11,14H2,1-2H3. The predicted octanol–water partition coefficient (Wildman–Crippen LogP) is 2.76. The Morgan fingerprint density at radius 3 is 2.66 bits per heavy atom. The molecule has 1 aliphatic heterocycles. The number of ether oxygens (including phenoxy) is 3. The van der Waals surface area contributed by atoms with Gasteiger partial charge in [0.05, 0.1) is 30.5 Å². The SMILES string of the molecule is Cc1ccc2c(c1)c(=O)n(C)c1nnc(COC(=O)CCC(=O)c3ccc4c(c3)OCCCO4)n21. The van der Waals surface area contributed by atoms with Crippen LogP contribution in [-0.4, -0.2) is 44.1 Å². The highest BCUT2D eigenvalue weighted by Gasteiger charge is 2.18. The molecule has 35 heavy (non-hydrogen) atoms. The first kappa shape index (κ1) is 22.6. The molecule has 180 valence electrons. The molecule has 3 heterocycles. The number of hydrogen-bond acceptors (Lipinski definition) is 8. The summed E-state index contributed by atoms with van der Waals surface area (Å²) in [6.07, 6.45) is 0.690. The minimum Gasteiger partial charge on any atom is -0.490 e. The molecular weight excluding hydrogens is 452 g/mol. The first-order chi connectivity index (χ1) is 16.9. The molecule has 0 spiro atoms. The van der Waals surface area contributed by atoms with Crippen molar-refractivity contribution in [3.05, 3.63) is 63.7 Å². The summed E-state index contributed by atoms with van der Waals surface area (Å²) in [6, 6.07) is 10.5. The monoisotopic (exact) mass is 476 g/mol. The molecule has 0 atom stereocenters. The maximum atomic E-state index is 12.7. The number of rotatable bonds is 6. The molecular formula is C25H24N4O6. The van der Waals surface area contributed by atoms with Crippen LogP contribution in [0.3, 0.4) is 0 Å². The van der Waals surface area contributed by atoms with Crippen LogP contribution in [0.15, 0.2) is 41.2 Å². The molecule has 0 saturated carbocycles. The van der Waals surface area contributed by atoms with Gasteiger partial charge < -0.3 is 14.2 Å². The third kappa shape index (κ3) is 4.34. The van der Waals surface area contributed by atoms with E-state index in [4.69, 9.17) is 14.2 Å². The van der Waals surface area contributed by atoms with Crippen LogP contribution in [0.4, 0.5) is 0 Å². The van der Waals surface area contributed by atoms with Gasteiger partial charge in [0.2, 0.25) is 5.78 Å². The Kier molecular flexibility index (Phi) is 5.94. The molecule has 0 unspecified atom stereocenters. The van der Waals surface area contributed by atoms with Crippen molar-refractivity contribution in [3.8, 4) is 11.5 Å². The van der Waals surface area contributed by atoms with Crippen molar-refractivity contribution >= 4 is 28.4 Å². The second-order valence-corrected chi connectivity index (χ2v) is 8.43. The molecule has 0 saturated heterocycles. The van der Waals surface area contributed by atoms with Crippen molar-refractivity contribution in [2.75, 3.05) is 13.2 Å². The maximum Gasteiger partial charge on any atom is 0.306 e. The molecule has 2 aromatic heterocycles. The molecule has 0 radical (unpaired) electrons. The van der Waals surface area contributed by atoms with E-state index in [0.717, 1.165) is 12.0 Å². The quantitative estimate of drug-likeness (QED) is 0.308. The van der Waals surface area contributed by atoms with Crippen molar-refractivity contribution < 1.29 is 23.8 Å². The third-order valence-corrected chi connectivity index (χ3v) is 5.93. The highest BCUT2D eigenvalue weighted by atomic mass is 16.5. The Morgan fingerprint density at radius 1 is 1.03 bits per heavy atom. The topological polar surface area (TPSA) is 114 Å². The number of nitrogens with zero attached hydrogens (tertiary/aromatic N) is 4. The van der Waals surface area contributed by atoms with Crippen LogP contribution in [0.1, 0.15) is 41.0 Å². The Labute approximate surface area is 200 Å². The fourth-order valence-corrected chi connectivity index (χ4v) is 4.07. The third-order valence-electron chi connectivity index (χ3n) is 5.93. The van der Waals surface area contributed by atoms with E-state index < -0.39 is 5.97 Å². The number of ketones is 1. The van der Waals surface area contributed by atoms with E-state index >= 15 is 0 Å². The zero-order chi connectivity index (χ0) is 24.5. The smallest absolute Gasteiger partial charge is 0.306 e. The van der Waals surface area contributed by atoms with Crippen LogP contribution in [0, 0.1) is 6.92 Å². The second-order valence-electron chi connectivity index (χ2n) is 8.43. The molecule has 0 fully saturated rings. The van der Waals surface area contributed by atoms with E-state index in [1.54, 1.807) is 35.7 Å². The van der Waals surface area contributed by atoms with Crippen LogP contribution in [0.2, 0.25) is 0 Å². The molecule has 4 aromatic rings. The summed E-state index contributed by atoms with van der Waals surface area (Å²) in [5, 5.41) is 8.73. The average molecular weight is 476 g/mol. The number of aryl methyl sites for hydroxylation is 2. The van der Waals surface area contributed by atoms with Gasteiger partial charge in [-0.25, -0.2) is 0 Å². The van der Waals surface area contributed by atoms with Crippen LogP contribution < -0.4 is 15.0 Å². The van der Waals surface area contributed by atoms with Crippen molar-refractivity contribution in [1.29, 1.82) is 0 Å². The van der Waals surface area contributed by atoms with Crippen molar-refractivity contribution in [2.45, 2.75) is 32.8 Å². The first-order valence-electron chi connectivity index (χ1n) is 11.3. The van der Waals surface area contributed by atoms with Gasteiger partial charge in [-0.15, -0.1) is 10.2 Å². The number of esters is 1. The summed E-state index contributed by atoms with van der Waals surface area (Å²) in [5.41, 5.74) is 1.86. The van der Waals surface area contributed by atoms with Crippen LogP contribution in [0.5, 0.6) is 11.5 Å².